The Hall–Kier alpha value is -1.75. The highest BCUT2D eigenvalue weighted by atomic mass is 16.5. The van der Waals surface area contributed by atoms with Gasteiger partial charge >= 0.3 is 0 Å². The van der Waals surface area contributed by atoms with Crippen molar-refractivity contribution in [3.05, 3.63) is 23.8 Å². The van der Waals surface area contributed by atoms with Gasteiger partial charge in [-0.3, -0.25) is 4.79 Å². The molecule has 1 aliphatic heterocycles. The molecule has 0 spiro atoms. The summed E-state index contributed by atoms with van der Waals surface area (Å²) in [5.41, 5.74) is 0.918. The number of nitrogens with one attached hydrogen (secondary N) is 2. The molecule has 0 saturated carbocycles. The summed E-state index contributed by atoms with van der Waals surface area (Å²) in [7, 11) is 3.24. The molecule has 2 N–H and O–H groups in total. The molecule has 1 aromatic carbocycles. The smallest absolute Gasteiger partial charge is 0.220 e. The second-order valence-corrected chi connectivity index (χ2v) is 4.68. The van der Waals surface area contributed by atoms with E-state index in [0.717, 1.165) is 30.2 Å². The van der Waals surface area contributed by atoms with Crippen LogP contribution in [-0.2, 0) is 11.3 Å². The minimum Gasteiger partial charge on any atom is -0.497 e. The standard InChI is InChI=1S/C14H20N2O3/c1-18-12-3-4-13(19-2)11(6-12)9-16-14(17)5-10-7-15-8-10/h3-4,6,10,15H,5,7-9H2,1-2H3,(H,16,17). The minimum atomic E-state index is 0.0800. The van der Waals surface area contributed by atoms with Gasteiger partial charge < -0.3 is 20.1 Å². The van der Waals surface area contributed by atoms with Crippen molar-refractivity contribution >= 4 is 5.91 Å². The molecule has 0 unspecified atom stereocenters. The van der Waals surface area contributed by atoms with Gasteiger partial charge in [0.05, 0.1) is 14.2 Å². The van der Waals surface area contributed by atoms with Crippen LogP contribution in [0.25, 0.3) is 0 Å². The molecule has 1 fully saturated rings. The number of methoxy groups -OCH3 is 2. The van der Waals surface area contributed by atoms with E-state index in [1.165, 1.54) is 0 Å². The van der Waals surface area contributed by atoms with Crippen LogP contribution >= 0.6 is 0 Å². The Labute approximate surface area is 113 Å². The van der Waals surface area contributed by atoms with Crippen LogP contribution in [0.4, 0.5) is 0 Å². The zero-order chi connectivity index (χ0) is 13.7. The van der Waals surface area contributed by atoms with Gasteiger partial charge in [-0.25, -0.2) is 0 Å². The van der Waals surface area contributed by atoms with Gasteiger partial charge in [0.2, 0.25) is 5.91 Å². The van der Waals surface area contributed by atoms with Gasteiger partial charge in [-0.05, 0) is 37.2 Å². The van der Waals surface area contributed by atoms with Crippen molar-refractivity contribution in [2.75, 3.05) is 27.3 Å². The minimum absolute atomic E-state index is 0.0800. The van der Waals surface area contributed by atoms with Crippen molar-refractivity contribution in [1.29, 1.82) is 0 Å². The maximum Gasteiger partial charge on any atom is 0.220 e. The second kappa shape index (κ2) is 6.43. The Bertz CT molecular complexity index is 444. The Balaban J connectivity index is 1.91. The van der Waals surface area contributed by atoms with E-state index in [0.29, 0.717) is 18.9 Å². The van der Waals surface area contributed by atoms with Gasteiger partial charge in [-0.2, -0.15) is 0 Å². The van der Waals surface area contributed by atoms with Crippen molar-refractivity contribution in [2.24, 2.45) is 5.92 Å². The quantitative estimate of drug-likeness (QED) is 0.802. The van der Waals surface area contributed by atoms with Crippen LogP contribution in [0, 0.1) is 5.92 Å². The number of ether oxygens (including phenoxy) is 2. The summed E-state index contributed by atoms with van der Waals surface area (Å²) in [5, 5.41) is 6.08. The molecule has 0 aliphatic carbocycles. The molecule has 0 atom stereocenters. The van der Waals surface area contributed by atoms with Crippen molar-refractivity contribution in [3.8, 4) is 11.5 Å². The van der Waals surface area contributed by atoms with Gasteiger partial charge in [-0.1, -0.05) is 0 Å². The van der Waals surface area contributed by atoms with Gasteiger partial charge in [0.1, 0.15) is 11.5 Å². The Morgan fingerprint density at radius 3 is 2.74 bits per heavy atom. The monoisotopic (exact) mass is 264 g/mol. The largest absolute Gasteiger partial charge is 0.497 e. The highest BCUT2D eigenvalue weighted by Gasteiger charge is 2.20. The van der Waals surface area contributed by atoms with Gasteiger partial charge in [0.15, 0.2) is 0 Å². The first-order chi connectivity index (χ1) is 9.22. The Morgan fingerprint density at radius 1 is 1.37 bits per heavy atom. The molecule has 2 rings (SSSR count). The van der Waals surface area contributed by atoms with Crippen molar-refractivity contribution in [1.82, 2.24) is 10.6 Å². The van der Waals surface area contributed by atoms with Gasteiger partial charge in [-0.15, -0.1) is 0 Å². The highest BCUT2D eigenvalue weighted by molar-refractivity contribution is 5.76. The molecule has 1 saturated heterocycles. The van der Waals surface area contributed by atoms with E-state index in [-0.39, 0.29) is 5.91 Å². The fourth-order valence-corrected chi connectivity index (χ4v) is 2.04. The molecule has 0 radical (unpaired) electrons. The van der Waals surface area contributed by atoms with E-state index in [4.69, 9.17) is 9.47 Å². The zero-order valence-electron chi connectivity index (χ0n) is 11.4. The van der Waals surface area contributed by atoms with Crippen molar-refractivity contribution < 1.29 is 14.3 Å². The molecule has 104 valence electrons. The summed E-state index contributed by atoms with van der Waals surface area (Å²) in [5.74, 6) is 2.07. The molecule has 1 amide bonds. The normalized spacial score (nSPS) is 14.6. The number of hydrogen-bond acceptors (Lipinski definition) is 4. The lowest BCUT2D eigenvalue weighted by Gasteiger charge is -2.26. The third-order valence-electron chi connectivity index (χ3n) is 3.30. The molecule has 5 nitrogen and oxygen atoms in total. The number of hydrogen-bond donors (Lipinski definition) is 2. The summed E-state index contributed by atoms with van der Waals surface area (Å²) < 4.78 is 10.4. The van der Waals surface area contributed by atoms with E-state index in [1.54, 1.807) is 14.2 Å². The molecule has 1 aliphatic rings. The van der Waals surface area contributed by atoms with Gasteiger partial charge in [0.25, 0.3) is 0 Å². The third-order valence-corrected chi connectivity index (χ3v) is 3.30. The lowest BCUT2D eigenvalue weighted by atomic mass is 9.99. The fourth-order valence-electron chi connectivity index (χ4n) is 2.04. The average Bonchev–Trinajstić information content (AvgIpc) is 2.40. The van der Waals surface area contributed by atoms with Crippen LogP contribution in [0.15, 0.2) is 18.2 Å². The Morgan fingerprint density at radius 2 is 2.16 bits per heavy atom. The van der Waals surface area contributed by atoms with Gasteiger partial charge in [0, 0.05) is 18.5 Å². The average molecular weight is 264 g/mol. The van der Waals surface area contributed by atoms with Crippen LogP contribution < -0.4 is 20.1 Å². The van der Waals surface area contributed by atoms with E-state index in [1.807, 2.05) is 18.2 Å². The molecular weight excluding hydrogens is 244 g/mol. The predicted molar refractivity (Wildman–Crippen MR) is 72.4 cm³/mol. The molecular formula is C14H20N2O3. The maximum absolute atomic E-state index is 11.8. The van der Waals surface area contributed by atoms with Crippen LogP contribution in [0.5, 0.6) is 11.5 Å². The Kier molecular flexibility index (Phi) is 4.63. The van der Waals surface area contributed by atoms with E-state index in [9.17, 15) is 4.79 Å². The lowest BCUT2D eigenvalue weighted by molar-refractivity contribution is -0.122. The highest BCUT2D eigenvalue weighted by Crippen LogP contribution is 2.23. The first kappa shape index (κ1) is 13.7. The first-order valence-electron chi connectivity index (χ1n) is 6.41. The van der Waals surface area contributed by atoms with Crippen LogP contribution in [0.2, 0.25) is 0 Å². The van der Waals surface area contributed by atoms with Crippen LogP contribution in [0.3, 0.4) is 0 Å². The lowest BCUT2D eigenvalue weighted by Crippen LogP contribution is -2.44. The van der Waals surface area contributed by atoms with E-state index in [2.05, 4.69) is 10.6 Å². The van der Waals surface area contributed by atoms with Crippen molar-refractivity contribution in [2.45, 2.75) is 13.0 Å². The van der Waals surface area contributed by atoms with Crippen molar-refractivity contribution in [3.63, 3.8) is 0 Å². The number of carbonyl (C=O) groups is 1. The van der Waals surface area contributed by atoms with E-state index < -0.39 is 0 Å². The van der Waals surface area contributed by atoms with E-state index >= 15 is 0 Å². The molecule has 0 aromatic heterocycles. The maximum atomic E-state index is 11.8. The third kappa shape index (κ3) is 3.61. The number of amides is 1. The molecule has 1 heterocycles. The van der Waals surface area contributed by atoms with Crippen LogP contribution in [-0.4, -0.2) is 33.2 Å². The summed E-state index contributed by atoms with van der Waals surface area (Å²) >= 11 is 0. The zero-order valence-corrected chi connectivity index (χ0v) is 11.4. The molecule has 19 heavy (non-hydrogen) atoms. The topological polar surface area (TPSA) is 59.6 Å². The summed E-state index contributed by atoms with van der Waals surface area (Å²) in [4.78, 5) is 11.8. The second-order valence-electron chi connectivity index (χ2n) is 4.68. The first-order valence-corrected chi connectivity index (χ1v) is 6.41. The molecule has 0 bridgehead atoms. The molecule has 1 aromatic rings. The summed E-state index contributed by atoms with van der Waals surface area (Å²) in [6.07, 6.45) is 0.583. The summed E-state index contributed by atoms with van der Waals surface area (Å²) in [6.45, 7) is 2.34. The fraction of sp³-hybridized carbons (Fsp3) is 0.500. The number of carbonyl (C=O) groups excluding carboxylic acids is 1. The predicted octanol–water partition coefficient (Wildman–Crippen LogP) is 0.929. The summed E-state index contributed by atoms with van der Waals surface area (Å²) in [6, 6.07) is 5.56. The van der Waals surface area contributed by atoms with Crippen LogP contribution in [0.1, 0.15) is 12.0 Å². The number of benzene rings is 1. The number of rotatable bonds is 6. The molecule has 5 heteroatoms. The SMILES string of the molecule is COc1ccc(OC)c(CNC(=O)CC2CNC2)c1.